The van der Waals surface area contributed by atoms with E-state index in [2.05, 4.69) is 67.2 Å². The Morgan fingerprint density at radius 3 is 2.30 bits per heavy atom. The Balaban J connectivity index is 1.97. The number of aromatic nitrogens is 2. The smallest absolute Gasteiger partial charge is 0.122 e. The van der Waals surface area contributed by atoms with Gasteiger partial charge in [-0.15, -0.1) is 0 Å². The van der Waals surface area contributed by atoms with E-state index in [-0.39, 0.29) is 6.04 Å². The summed E-state index contributed by atoms with van der Waals surface area (Å²) >= 11 is 0. The first kappa shape index (κ1) is 14.8. The van der Waals surface area contributed by atoms with E-state index in [0.29, 0.717) is 12.0 Å². The maximum absolute atomic E-state index is 4.29. The van der Waals surface area contributed by atoms with Crippen molar-refractivity contribution >= 4 is 0 Å². The molecule has 0 bridgehead atoms. The molecule has 2 atom stereocenters. The Bertz CT molecular complexity index is 500. The van der Waals surface area contributed by atoms with Gasteiger partial charge in [-0.05, 0) is 37.3 Å². The van der Waals surface area contributed by atoms with E-state index in [1.165, 1.54) is 11.1 Å². The summed E-state index contributed by atoms with van der Waals surface area (Å²) in [6.07, 6.45) is 4.79. The zero-order valence-electron chi connectivity index (χ0n) is 12.9. The fourth-order valence-electron chi connectivity index (χ4n) is 2.48. The van der Waals surface area contributed by atoms with Gasteiger partial charge in [0.15, 0.2) is 0 Å². The van der Waals surface area contributed by atoms with Gasteiger partial charge in [-0.1, -0.05) is 38.1 Å². The Hall–Kier alpha value is -1.61. The van der Waals surface area contributed by atoms with Crippen LogP contribution in [0.25, 0.3) is 0 Å². The van der Waals surface area contributed by atoms with Crippen LogP contribution in [0.2, 0.25) is 0 Å². The lowest BCUT2D eigenvalue weighted by atomic mass is 9.99. The van der Waals surface area contributed by atoms with E-state index in [1.807, 2.05) is 6.20 Å². The van der Waals surface area contributed by atoms with E-state index < -0.39 is 0 Å². The average molecular weight is 271 g/mol. The minimum absolute atomic E-state index is 0.218. The number of benzene rings is 1. The molecule has 0 spiro atoms. The van der Waals surface area contributed by atoms with Crippen molar-refractivity contribution in [2.24, 2.45) is 5.92 Å². The summed E-state index contributed by atoms with van der Waals surface area (Å²) in [6.45, 7) is 8.83. The molecule has 0 saturated heterocycles. The predicted octanol–water partition coefficient (Wildman–Crippen LogP) is 4.02. The van der Waals surface area contributed by atoms with Gasteiger partial charge in [0, 0.05) is 18.4 Å². The molecule has 0 amide bonds. The standard InChI is InChI=1S/C17H25N3/c1-12(2)11-15-5-7-16(8-6-15)13(3)20-14(4)17-18-9-10-19-17/h5-10,12-14,20H,11H2,1-4H3,(H,18,19). The monoisotopic (exact) mass is 271 g/mol. The number of hydrogen-bond acceptors (Lipinski definition) is 2. The highest BCUT2D eigenvalue weighted by atomic mass is 15.0. The molecule has 0 aliphatic carbocycles. The van der Waals surface area contributed by atoms with E-state index in [0.717, 1.165) is 12.2 Å². The number of aromatic amines is 1. The van der Waals surface area contributed by atoms with Crippen LogP contribution in [0.1, 0.15) is 56.7 Å². The van der Waals surface area contributed by atoms with Crippen LogP contribution in [0.3, 0.4) is 0 Å². The number of imidazole rings is 1. The molecule has 1 aromatic carbocycles. The van der Waals surface area contributed by atoms with Gasteiger partial charge in [-0.3, -0.25) is 0 Å². The Morgan fingerprint density at radius 2 is 1.75 bits per heavy atom. The third kappa shape index (κ3) is 3.94. The molecule has 0 fully saturated rings. The van der Waals surface area contributed by atoms with Crippen LogP contribution in [-0.2, 0) is 6.42 Å². The summed E-state index contributed by atoms with van der Waals surface area (Å²) in [6, 6.07) is 9.46. The number of nitrogens with one attached hydrogen (secondary N) is 2. The van der Waals surface area contributed by atoms with Crippen LogP contribution in [0, 0.1) is 5.92 Å². The summed E-state index contributed by atoms with van der Waals surface area (Å²) in [4.78, 5) is 7.44. The van der Waals surface area contributed by atoms with Crippen molar-refractivity contribution in [3.05, 3.63) is 53.6 Å². The van der Waals surface area contributed by atoms with Gasteiger partial charge in [-0.2, -0.15) is 0 Å². The first-order valence-corrected chi connectivity index (χ1v) is 7.40. The normalized spacial score (nSPS) is 14.4. The molecule has 2 unspecified atom stereocenters. The Labute approximate surface area is 121 Å². The molecule has 0 aliphatic heterocycles. The summed E-state index contributed by atoms with van der Waals surface area (Å²) in [5.74, 6) is 1.68. The second-order valence-electron chi connectivity index (χ2n) is 5.92. The molecule has 0 radical (unpaired) electrons. The quantitative estimate of drug-likeness (QED) is 0.833. The maximum atomic E-state index is 4.29. The highest BCUT2D eigenvalue weighted by Gasteiger charge is 2.12. The van der Waals surface area contributed by atoms with Gasteiger partial charge < -0.3 is 10.3 Å². The molecule has 108 valence electrons. The van der Waals surface area contributed by atoms with Gasteiger partial charge in [0.1, 0.15) is 5.82 Å². The second kappa shape index (κ2) is 6.71. The molecule has 20 heavy (non-hydrogen) atoms. The van der Waals surface area contributed by atoms with Gasteiger partial charge >= 0.3 is 0 Å². The van der Waals surface area contributed by atoms with Gasteiger partial charge in [-0.25, -0.2) is 4.98 Å². The lowest BCUT2D eigenvalue weighted by Crippen LogP contribution is -2.23. The summed E-state index contributed by atoms with van der Waals surface area (Å²) < 4.78 is 0. The molecule has 2 rings (SSSR count). The van der Waals surface area contributed by atoms with E-state index in [9.17, 15) is 0 Å². The number of rotatable bonds is 6. The van der Waals surface area contributed by atoms with Crippen molar-refractivity contribution in [3.63, 3.8) is 0 Å². The van der Waals surface area contributed by atoms with E-state index in [1.54, 1.807) is 6.20 Å². The van der Waals surface area contributed by atoms with Crippen LogP contribution >= 0.6 is 0 Å². The fourth-order valence-corrected chi connectivity index (χ4v) is 2.48. The minimum atomic E-state index is 0.218. The molecule has 0 saturated carbocycles. The van der Waals surface area contributed by atoms with Crippen molar-refractivity contribution in [2.45, 2.75) is 46.2 Å². The Morgan fingerprint density at radius 1 is 1.05 bits per heavy atom. The average Bonchev–Trinajstić information content (AvgIpc) is 2.92. The highest BCUT2D eigenvalue weighted by molar-refractivity contribution is 5.25. The molecule has 3 heteroatoms. The van der Waals surface area contributed by atoms with Crippen LogP contribution in [-0.4, -0.2) is 9.97 Å². The zero-order chi connectivity index (χ0) is 14.5. The minimum Gasteiger partial charge on any atom is -0.347 e. The van der Waals surface area contributed by atoms with Gasteiger partial charge in [0.2, 0.25) is 0 Å². The van der Waals surface area contributed by atoms with Crippen molar-refractivity contribution in [1.82, 2.24) is 15.3 Å². The third-order valence-corrected chi connectivity index (χ3v) is 3.55. The number of nitrogens with zero attached hydrogens (tertiary/aromatic N) is 1. The van der Waals surface area contributed by atoms with Crippen LogP contribution in [0.15, 0.2) is 36.7 Å². The molecular formula is C17H25N3. The molecule has 1 heterocycles. The van der Waals surface area contributed by atoms with Crippen molar-refractivity contribution in [2.75, 3.05) is 0 Å². The largest absolute Gasteiger partial charge is 0.347 e. The molecule has 2 aromatic rings. The van der Waals surface area contributed by atoms with Crippen LogP contribution < -0.4 is 5.32 Å². The van der Waals surface area contributed by atoms with Crippen LogP contribution in [0.5, 0.6) is 0 Å². The van der Waals surface area contributed by atoms with Crippen molar-refractivity contribution in [1.29, 1.82) is 0 Å². The lowest BCUT2D eigenvalue weighted by molar-refractivity contribution is 0.479. The van der Waals surface area contributed by atoms with E-state index >= 15 is 0 Å². The number of hydrogen-bond donors (Lipinski definition) is 2. The highest BCUT2D eigenvalue weighted by Crippen LogP contribution is 2.18. The van der Waals surface area contributed by atoms with Gasteiger partial charge in [0.05, 0.1) is 6.04 Å². The maximum Gasteiger partial charge on any atom is 0.122 e. The zero-order valence-corrected chi connectivity index (χ0v) is 12.9. The fraction of sp³-hybridized carbons (Fsp3) is 0.471. The molecule has 2 N–H and O–H groups in total. The summed E-state index contributed by atoms with van der Waals surface area (Å²) in [7, 11) is 0. The topological polar surface area (TPSA) is 40.7 Å². The second-order valence-corrected chi connectivity index (χ2v) is 5.92. The van der Waals surface area contributed by atoms with Gasteiger partial charge in [0.25, 0.3) is 0 Å². The summed E-state index contributed by atoms with van der Waals surface area (Å²) in [5, 5.41) is 3.57. The van der Waals surface area contributed by atoms with Crippen LogP contribution in [0.4, 0.5) is 0 Å². The predicted molar refractivity (Wildman–Crippen MR) is 83.5 cm³/mol. The molecule has 1 aromatic heterocycles. The molecule has 0 aliphatic rings. The third-order valence-electron chi connectivity index (χ3n) is 3.55. The molecular weight excluding hydrogens is 246 g/mol. The SMILES string of the molecule is CC(C)Cc1ccc(C(C)NC(C)c2ncc[nH]2)cc1. The van der Waals surface area contributed by atoms with Crippen molar-refractivity contribution < 1.29 is 0 Å². The first-order valence-electron chi connectivity index (χ1n) is 7.40. The lowest BCUT2D eigenvalue weighted by Gasteiger charge is -2.19. The number of H-pyrrole nitrogens is 1. The van der Waals surface area contributed by atoms with E-state index in [4.69, 9.17) is 0 Å². The van der Waals surface area contributed by atoms with Crippen molar-refractivity contribution in [3.8, 4) is 0 Å². The summed E-state index contributed by atoms with van der Waals surface area (Å²) in [5.41, 5.74) is 2.73. The Kier molecular flexibility index (Phi) is 4.96. The molecule has 3 nitrogen and oxygen atoms in total. The first-order chi connectivity index (χ1) is 9.56.